The van der Waals surface area contributed by atoms with Gasteiger partial charge >= 0.3 is 0 Å². The van der Waals surface area contributed by atoms with Gasteiger partial charge in [-0.05, 0) is 36.8 Å². The Balaban J connectivity index is 1.82. The van der Waals surface area contributed by atoms with Gasteiger partial charge in [-0.25, -0.2) is 0 Å². The van der Waals surface area contributed by atoms with Crippen molar-refractivity contribution >= 4 is 11.6 Å². The molecule has 1 atom stereocenters. The fraction of sp³-hybridized carbons (Fsp3) is 0.294. The number of rotatable bonds is 6. The second-order valence-electron chi connectivity index (χ2n) is 5.10. The van der Waals surface area contributed by atoms with E-state index < -0.39 is 0 Å². The maximum absolute atomic E-state index is 5.89. The average molecular weight is 291 g/mol. The first kappa shape index (κ1) is 14.9. The molecular weight excluding hydrogens is 270 g/mol. The molecule has 106 valence electrons. The van der Waals surface area contributed by atoms with E-state index in [1.54, 1.807) is 7.11 Å². The van der Waals surface area contributed by atoms with Crippen molar-refractivity contribution in [3.63, 3.8) is 0 Å². The summed E-state index contributed by atoms with van der Waals surface area (Å²) < 4.78 is 5.17. The van der Waals surface area contributed by atoms with E-state index in [9.17, 15) is 0 Å². The second-order valence-corrected chi connectivity index (χ2v) is 5.53. The SMILES string of the molecule is COc1ccc(C[C@@H](C)[NH2+]Cc2ccc(Cl)cc2)cc1. The monoisotopic (exact) mass is 290 g/mol. The summed E-state index contributed by atoms with van der Waals surface area (Å²) in [6.07, 6.45) is 1.05. The van der Waals surface area contributed by atoms with Gasteiger partial charge < -0.3 is 10.1 Å². The molecule has 0 heterocycles. The van der Waals surface area contributed by atoms with E-state index in [0.29, 0.717) is 6.04 Å². The predicted octanol–water partition coefficient (Wildman–Crippen LogP) is 3.04. The molecule has 2 aromatic rings. The molecule has 0 fully saturated rings. The molecule has 2 aromatic carbocycles. The van der Waals surface area contributed by atoms with Gasteiger partial charge in [0.2, 0.25) is 0 Å². The summed E-state index contributed by atoms with van der Waals surface area (Å²) in [4.78, 5) is 0. The van der Waals surface area contributed by atoms with Gasteiger partial charge in [-0.2, -0.15) is 0 Å². The summed E-state index contributed by atoms with van der Waals surface area (Å²) >= 11 is 5.89. The lowest BCUT2D eigenvalue weighted by molar-refractivity contribution is -0.701. The normalized spacial score (nSPS) is 12.2. The zero-order valence-corrected chi connectivity index (χ0v) is 12.7. The maximum atomic E-state index is 5.89. The van der Waals surface area contributed by atoms with Crippen molar-refractivity contribution in [1.29, 1.82) is 0 Å². The molecule has 3 heteroatoms. The number of nitrogens with two attached hydrogens (primary N) is 1. The van der Waals surface area contributed by atoms with Crippen LogP contribution in [0.3, 0.4) is 0 Å². The lowest BCUT2D eigenvalue weighted by Crippen LogP contribution is -2.88. The molecule has 0 bridgehead atoms. The number of methoxy groups -OCH3 is 1. The van der Waals surface area contributed by atoms with E-state index in [-0.39, 0.29) is 0 Å². The number of benzene rings is 2. The van der Waals surface area contributed by atoms with Crippen molar-refractivity contribution < 1.29 is 10.1 Å². The largest absolute Gasteiger partial charge is 0.497 e. The lowest BCUT2D eigenvalue weighted by atomic mass is 10.1. The quantitative estimate of drug-likeness (QED) is 0.869. The molecule has 2 nitrogen and oxygen atoms in total. The average Bonchev–Trinajstić information content (AvgIpc) is 2.47. The van der Waals surface area contributed by atoms with Crippen molar-refractivity contribution in [2.75, 3.05) is 7.11 Å². The maximum Gasteiger partial charge on any atom is 0.118 e. The van der Waals surface area contributed by atoms with E-state index >= 15 is 0 Å². The van der Waals surface area contributed by atoms with Crippen LogP contribution in [0.4, 0.5) is 0 Å². The number of hydrogen-bond acceptors (Lipinski definition) is 1. The van der Waals surface area contributed by atoms with Gasteiger partial charge in [-0.3, -0.25) is 0 Å². The van der Waals surface area contributed by atoms with Gasteiger partial charge in [-0.15, -0.1) is 0 Å². The molecule has 2 N–H and O–H groups in total. The van der Waals surface area contributed by atoms with Crippen LogP contribution in [0.1, 0.15) is 18.1 Å². The van der Waals surface area contributed by atoms with Gasteiger partial charge in [0, 0.05) is 17.0 Å². The smallest absolute Gasteiger partial charge is 0.118 e. The van der Waals surface area contributed by atoms with Gasteiger partial charge in [0.1, 0.15) is 12.3 Å². The molecule has 0 aromatic heterocycles. The molecule has 0 radical (unpaired) electrons. The fourth-order valence-electron chi connectivity index (χ4n) is 2.17. The second kappa shape index (κ2) is 7.32. The third-order valence-corrected chi connectivity index (χ3v) is 3.64. The van der Waals surface area contributed by atoms with Crippen LogP contribution in [0.15, 0.2) is 48.5 Å². The molecular formula is C17H21ClNO+. The van der Waals surface area contributed by atoms with Crippen LogP contribution in [0.5, 0.6) is 5.75 Å². The molecule has 2 rings (SSSR count). The summed E-state index contributed by atoms with van der Waals surface area (Å²) in [5.41, 5.74) is 2.64. The van der Waals surface area contributed by atoms with E-state index in [1.165, 1.54) is 11.1 Å². The molecule has 20 heavy (non-hydrogen) atoms. The highest BCUT2D eigenvalue weighted by molar-refractivity contribution is 6.30. The third kappa shape index (κ3) is 4.55. The highest BCUT2D eigenvalue weighted by Crippen LogP contribution is 2.12. The molecule has 0 amide bonds. The number of halogens is 1. The summed E-state index contributed by atoms with van der Waals surface area (Å²) in [5.74, 6) is 0.909. The van der Waals surface area contributed by atoms with Crippen LogP contribution < -0.4 is 10.1 Å². The first-order valence-electron chi connectivity index (χ1n) is 6.88. The first-order valence-corrected chi connectivity index (χ1v) is 7.26. The van der Waals surface area contributed by atoms with Crippen LogP contribution in [0.25, 0.3) is 0 Å². The minimum absolute atomic E-state index is 0.541. The van der Waals surface area contributed by atoms with Crippen molar-refractivity contribution in [2.45, 2.75) is 25.9 Å². The van der Waals surface area contributed by atoms with E-state index in [4.69, 9.17) is 16.3 Å². The Kier molecular flexibility index (Phi) is 5.45. The van der Waals surface area contributed by atoms with E-state index in [1.807, 2.05) is 24.3 Å². The number of hydrogen-bond donors (Lipinski definition) is 1. The topological polar surface area (TPSA) is 25.8 Å². The van der Waals surface area contributed by atoms with Crippen LogP contribution in [0.2, 0.25) is 5.02 Å². The van der Waals surface area contributed by atoms with Crippen molar-refractivity contribution in [3.8, 4) is 5.75 Å². The summed E-state index contributed by atoms with van der Waals surface area (Å²) in [7, 11) is 1.69. The van der Waals surface area contributed by atoms with Crippen LogP contribution >= 0.6 is 11.6 Å². The molecule has 0 aliphatic heterocycles. The standard InChI is InChI=1S/C17H20ClNO/c1-13(11-14-5-9-17(20-2)10-6-14)19-12-15-3-7-16(18)8-4-15/h3-10,13,19H,11-12H2,1-2H3/p+1/t13-/m1/s1. The number of quaternary nitrogens is 1. The molecule has 0 spiro atoms. The van der Waals surface area contributed by atoms with Crippen LogP contribution in [0, 0.1) is 0 Å². The molecule has 0 aliphatic rings. The van der Waals surface area contributed by atoms with E-state index in [2.05, 4.69) is 36.5 Å². The number of ether oxygens (including phenoxy) is 1. The third-order valence-electron chi connectivity index (χ3n) is 3.39. The lowest BCUT2D eigenvalue weighted by Gasteiger charge is -2.11. The van der Waals surface area contributed by atoms with E-state index in [0.717, 1.165) is 23.7 Å². The zero-order valence-electron chi connectivity index (χ0n) is 12.0. The van der Waals surface area contributed by atoms with Crippen LogP contribution in [-0.4, -0.2) is 13.2 Å². The highest BCUT2D eigenvalue weighted by Gasteiger charge is 2.07. The highest BCUT2D eigenvalue weighted by atomic mass is 35.5. The molecule has 0 saturated heterocycles. The Morgan fingerprint density at radius 3 is 2.20 bits per heavy atom. The van der Waals surface area contributed by atoms with Gasteiger partial charge in [0.25, 0.3) is 0 Å². The molecule has 0 saturated carbocycles. The minimum atomic E-state index is 0.541. The van der Waals surface area contributed by atoms with Crippen LogP contribution in [-0.2, 0) is 13.0 Å². The first-order chi connectivity index (χ1) is 9.67. The van der Waals surface area contributed by atoms with Crippen molar-refractivity contribution in [2.24, 2.45) is 0 Å². The predicted molar refractivity (Wildman–Crippen MR) is 83.2 cm³/mol. The fourth-order valence-corrected chi connectivity index (χ4v) is 2.30. The summed E-state index contributed by atoms with van der Waals surface area (Å²) in [6.45, 7) is 3.23. The summed E-state index contributed by atoms with van der Waals surface area (Å²) in [5, 5.41) is 3.15. The van der Waals surface area contributed by atoms with Gasteiger partial charge in [0.05, 0.1) is 13.2 Å². The Morgan fingerprint density at radius 2 is 1.60 bits per heavy atom. The Bertz CT molecular complexity index is 522. The van der Waals surface area contributed by atoms with Gasteiger partial charge in [0.15, 0.2) is 0 Å². The van der Waals surface area contributed by atoms with Crippen molar-refractivity contribution in [1.82, 2.24) is 0 Å². The zero-order chi connectivity index (χ0) is 14.4. The Morgan fingerprint density at radius 1 is 1.00 bits per heavy atom. The molecule has 0 unspecified atom stereocenters. The summed E-state index contributed by atoms with van der Waals surface area (Å²) in [6, 6.07) is 16.9. The minimum Gasteiger partial charge on any atom is -0.497 e. The Labute approximate surface area is 125 Å². The van der Waals surface area contributed by atoms with Crippen molar-refractivity contribution in [3.05, 3.63) is 64.7 Å². The Hall–Kier alpha value is -1.51. The molecule has 0 aliphatic carbocycles. The van der Waals surface area contributed by atoms with Gasteiger partial charge in [-0.1, -0.05) is 35.9 Å².